The highest BCUT2D eigenvalue weighted by Crippen LogP contribution is 2.10. The van der Waals surface area contributed by atoms with Crippen LogP contribution in [-0.2, 0) is 7.05 Å². The molecule has 1 aliphatic heterocycles. The van der Waals surface area contributed by atoms with Crippen molar-refractivity contribution >= 4 is 5.91 Å². The zero-order valence-electron chi connectivity index (χ0n) is 12.4. The van der Waals surface area contributed by atoms with E-state index in [4.69, 9.17) is 0 Å². The third kappa shape index (κ3) is 3.61. The average Bonchev–Trinajstić information content (AvgIpc) is 2.79. The van der Waals surface area contributed by atoms with E-state index in [2.05, 4.69) is 10.2 Å². The van der Waals surface area contributed by atoms with Gasteiger partial charge in [0.25, 0.3) is 5.91 Å². The van der Waals surface area contributed by atoms with Crippen LogP contribution in [0.15, 0.2) is 12.1 Å². The van der Waals surface area contributed by atoms with Gasteiger partial charge in [-0.1, -0.05) is 6.42 Å². The lowest BCUT2D eigenvalue weighted by Crippen LogP contribution is -2.47. The summed E-state index contributed by atoms with van der Waals surface area (Å²) in [5.41, 5.74) is 1.69. The SMILES string of the molecule is Cc1ccc(C(=O)NC(CO)CN2CCCCC2)n1C. The summed E-state index contributed by atoms with van der Waals surface area (Å²) in [6, 6.07) is 3.55. The molecule has 1 amide bonds. The van der Waals surface area contributed by atoms with Gasteiger partial charge in [-0.05, 0) is 45.0 Å². The molecule has 1 saturated heterocycles. The third-order valence-corrected chi connectivity index (χ3v) is 4.09. The molecule has 1 fully saturated rings. The summed E-state index contributed by atoms with van der Waals surface area (Å²) in [5, 5.41) is 12.4. The predicted molar refractivity (Wildman–Crippen MR) is 78.8 cm³/mol. The molecule has 112 valence electrons. The van der Waals surface area contributed by atoms with Crippen molar-refractivity contribution in [3.8, 4) is 0 Å². The minimum absolute atomic E-state index is 0.0222. The van der Waals surface area contributed by atoms with E-state index in [9.17, 15) is 9.90 Å². The standard InChI is InChI=1S/C15H25N3O2/c1-12-6-7-14(17(12)2)15(20)16-13(11-19)10-18-8-4-3-5-9-18/h6-7,13,19H,3-5,8-11H2,1-2H3,(H,16,20). The van der Waals surface area contributed by atoms with Crippen LogP contribution >= 0.6 is 0 Å². The second-order valence-corrected chi connectivity index (χ2v) is 5.63. The van der Waals surface area contributed by atoms with Crippen molar-refractivity contribution in [2.75, 3.05) is 26.2 Å². The Labute approximate surface area is 120 Å². The molecule has 0 saturated carbocycles. The van der Waals surface area contributed by atoms with Crippen molar-refractivity contribution in [2.45, 2.75) is 32.2 Å². The first kappa shape index (κ1) is 15.1. The second kappa shape index (κ2) is 6.90. The molecule has 0 bridgehead atoms. The fourth-order valence-corrected chi connectivity index (χ4v) is 2.70. The van der Waals surface area contributed by atoms with Gasteiger partial charge in [0.1, 0.15) is 5.69 Å². The lowest BCUT2D eigenvalue weighted by molar-refractivity contribution is 0.0878. The maximum atomic E-state index is 12.2. The number of hydrogen-bond donors (Lipinski definition) is 2. The lowest BCUT2D eigenvalue weighted by atomic mass is 10.1. The molecule has 1 aromatic rings. The molecule has 1 aliphatic rings. The maximum absolute atomic E-state index is 12.2. The summed E-state index contributed by atoms with van der Waals surface area (Å²) in [6.45, 7) is 4.80. The van der Waals surface area contributed by atoms with Crippen LogP contribution < -0.4 is 5.32 Å². The first-order valence-electron chi connectivity index (χ1n) is 7.38. The van der Waals surface area contributed by atoms with Crippen molar-refractivity contribution in [3.63, 3.8) is 0 Å². The molecule has 2 rings (SSSR count). The number of carbonyl (C=O) groups is 1. The molecule has 5 nitrogen and oxygen atoms in total. The molecule has 20 heavy (non-hydrogen) atoms. The van der Waals surface area contributed by atoms with Crippen molar-refractivity contribution in [2.24, 2.45) is 7.05 Å². The Morgan fingerprint density at radius 3 is 2.60 bits per heavy atom. The van der Waals surface area contributed by atoms with Gasteiger partial charge in [-0.3, -0.25) is 4.79 Å². The first-order valence-corrected chi connectivity index (χ1v) is 7.38. The number of nitrogens with zero attached hydrogens (tertiary/aromatic N) is 2. The van der Waals surface area contributed by atoms with Gasteiger partial charge < -0.3 is 19.9 Å². The van der Waals surface area contributed by atoms with E-state index in [-0.39, 0.29) is 18.6 Å². The predicted octanol–water partition coefficient (Wildman–Crippen LogP) is 0.910. The van der Waals surface area contributed by atoms with Crippen LogP contribution in [-0.4, -0.2) is 52.8 Å². The van der Waals surface area contributed by atoms with Gasteiger partial charge in [0, 0.05) is 19.3 Å². The molecule has 1 atom stereocenters. The highest BCUT2D eigenvalue weighted by Gasteiger charge is 2.19. The number of likely N-dealkylation sites (tertiary alicyclic amines) is 1. The first-order chi connectivity index (χ1) is 9.61. The minimum Gasteiger partial charge on any atom is -0.394 e. The normalized spacial score (nSPS) is 17.9. The van der Waals surface area contributed by atoms with E-state index in [0.717, 1.165) is 25.3 Å². The molecule has 0 aromatic carbocycles. The molecule has 0 spiro atoms. The van der Waals surface area contributed by atoms with E-state index >= 15 is 0 Å². The van der Waals surface area contributed by atoms with Crippen molar-refractivity contribution < 1.29 is 9.90 Å². The van der Waals surface area contributed by atoms with Gasteiger partial charge >= 0.3 is 0 Å². The van der Waals surface area contributed by atoms with Crippen molar-refractivity contribution in [1.82, 2.24) is 14.8 Å². The van der Waals surface area contributed by atoms with E-state index in [0.29, 0.717) is 5.69 Å². The molecular formula is C15H25N3O2. The van der Waals surface area contributed by atoms with Gasteiger partial charge in [-0.25, -0.2) is 0 Å². The number of carbonyl (C=O) groups excluding carboxylic acids is 1. The van der Waals surface area contributed by atoms with E-state index in [1.807, 2.05) is 30.7 Å². The summed E-state index contributed by atoms with van der Waals surface area (Å²) in [6.07, 6.45) is 3.71. The summed E-state index contributed by atoms with van der Waals surface area (Å²) in [5.74, 6) is -0.114. The largest absolute Gasteiger partial charge is 0.394 e. The van der Waals surface area contributed by atoms with Gasteiger partial charge in [0.15, 0.2) is 0 Å². The van der Waals surface area contributed by atoms with Crippen molar-refractivity contribution in [1.29, 1.82) is 0 Å². The zero-order valence-corrected chi connectivity index (χ0v) is 12.4. The Balaban J connectivity index is 1.92. The zero-order chi connectivity index (χ0) is 14.5. The number of aliphatic hydroxyl groups excluding tert-OH is 1. The van der Waals surface area contributed by atoms with E-state index < -0.39 is 0 Å². The van der Waals surface area contributed by atoms with Crippen LogP contribution in [0.4, 0.5) is 0 Å². The van der Waals surface area contributed by atoms with E-state index in [1.165, 1.54) is 19.3 Å². The van der Waals surface area contributed by atoms with Crippen LogP contribution in [0.5, 0.6) is 0 Å². The smallest absolute Gasteiger partial charge is 0.268 e. The Morgan fingerprint density at radius 2 is 2.05 bits per heavy atom. The molecule has 2 heterocycles. The molecule has 0 radical (unpaired) electrons. The highest BCUT2D eigenvalue weighted by atomic mass is 16.3. The maximum Gasteiger partial charge on any atom is 0.268 e. The van der Waals surface area contributed by atoms with Crippen LogP contribution in [0, 0.1) is 6.92 Å². The third-order valence-electron chi connectivity index (χ3n) is 4.09. The summed E-state index contributed by atoms with van der Waals surface area (Å²) < 4.78 is 1.87. The molecule has 0 aliphatic carbocycles. The Bertz CT molecular complexity index is 450. The number of nitrogens with one attached hydrogen (secondary N) is 1. The molecule has 2 N–H and O–H groups in total. The number of hydrogen-bond acceptors (Lipinski definition) is 3. The highest BCUT2D eigenvalue weighted by molar-refractivity contribution is 5.93. The van der Waals surface area contributed by atoms with Crippen molar-refractivity contribution in [3.05, 3.63) is 23.5 Å². The summed E-state index contributed by atoms with van der Waals surface area (Å²) in [7, 11) is 1.88. The number of aliphatic hydroxyl groups is 1. The number of amides is 1. The fraction of sp³-hybridized carbons (Fsp3) is 0.667. The Kier molecular flexibility index (Phi) is 5.20. The monoisotopic (exact) mass is 279 g/mol. The van der Waals surface area contributed by atoms with Gasteiger partial charge in [-0.15, -0.1) is 0 Å². The number of rotatable bonds is 5. The molecule has 5 heteroatoms. The van der Waals surface area contributed by atoms with E-state index in [1.54, 1.807) is 0 Å². The lowest BCUT2D eigenvalue weighted by Gasteiger charge is -2.30. The van der Waals surface area contributed by atoms with Crippen LogP contribution in [0.25, 0.3) is 0 Å². The van der Waals surface area contributed by atoms with Gasteiger partial charge in [0.05, 0.1) is 12.6 Å². The molecule has 1 unspecified atom stereocenters. The summed E-state index contributed by atoms with van der Waals surface area (Å²) in [4.78, 5) is 14.5. The molecular weight excluding hydrogens is 254 g/mol. The number of aryl methyl sites for hydroxylation is 1. The molecule has 1 aromatic heterocycles. The van der Waals surface area contributed by atoms with Crippen LogP contribution in [0.1, 0.15) is 35.4 Å². The minimum atomic E-state index is -0.198. The van der Waals surface area contributed by atoms with Gasteiger partial charge in [-0.2, -0.15) is 0 Å². The Morgan fingerprint density at radius 1 is 1.35 bits per heavy atom. The Hall–Kier alpha value is -1.33. The summed E-state index contributed by atoms with van der Waals surface area (Å²) >= 11 is 0. The topological polar surface area (TPSA) is 57.5 Å². The fourth-order valence-electron chi connectivity index (χ4n) is 2.70. The number of aromatic nitrogens is 1. The average molecular weight is 279 g/mol. The van der Waals surface area contributed by atoms with Gasteiger partial charge in [0.2, 0.25) is 0 Å². The number of piperidine rings is 1. The van der Waals surface area contributed by atoms with Crippen LogP contribution in [0.3, 0.4) is 0 Å². The second-order valence-electron chi connectivity index (χ2n) is 5.63. The quantitative estimate of drug-likeness (QED) is 0.842. The van der Waals surface area contributed by atoms with Crippen LogP contribution in [0.2, 0.25) is 0 Å².